The molecule has 0 N–H and O–H groups in total. The highest BCUT2D eigenvalue weighted by molar-refractivity contribution is 5.54. The monoisotopic (exact) mass is 267 g/mol. The summed E-state index contributed by atoms with van der Waals surface area (Å²) in [5, 5.41) is 18.9. The van der Waals surface area contributed by atoms with Crippen molar-refractivity contribution in [1.29, 1.82) is 5.26 Å². The summed E-state index contributed by atoms with van der Waals surface area (Å²) < 4.78 is 62.3. The van der Waals surface area contributed by atoms with Crippen molar-refractivity contribution in [3.05, 3.63) is 33.1 Å². The lowest BCUT2D eigenvalue weighted by molar-refractivity contribution is -0.390. The Hall–Kier alpha value is -2.31. The van der Waals surface area contributed by atoms with Crippen LogP contribution in [0.4, 0.5) is 27.6 Å². The minimum absolute atomic E-state index is 0.233. The molecule has 1 aromatic rings. The molecule has 0 fully saturated rings. The van der Waals surface area contributed by atoms with Crippen LogP contribution in [0, 0.1) is 21.4 Å². The molecule has 18 heavy (non-hydrogen) atoms. The van der Waals surface area contributed by atoms with Crippen molar-refractivity contribution in [2.45, 2.75) is 12.6 Å². The van der Waals surface area contributed by atoms with E-state index < -0.39 is 40.0 Å². The molecule has 0 atom stereocenters. The molecule has 0 amide bonds. The molecule has 0 spiro atoms. The van der Waals surface area contributed by atoms with Gasteiger partial charge in [-0.3, -0.25) is 10.1 Å². The van der Waals surface area contributed by atoms with Crippen molar-refractivity contribution in [3.8, 4) is 6.07 Å². The van der Waals surface area contributed by atoms with E-state index >= 15 is 0 Å². The van der Waals surface area contributed by atoms with Gasteiger partial charge in [0.2, 0.25) is 5.69 Å². The van der Waals surface area contributed by atoms with E-state index in [0.717, 1.165) is 6.07 Å². The van der Waals surface area contributed by atoms with Gasteiger partial charge in [0.15, 0.2) is 0 Å². The number of hydrogen-bond acceptors (Lipinski definition) is 4. The zero-order chi connectivity index (χ0) is 14.1. The second-order valence-corrected chi connectivity index (χ2v) is 2.95. The van der Waals surface area contributed by atoms with Crippen molar-refractivity contribution in [1.82, 2.24) is 4.98 Å². The molecule has 1 heterocycles. The number of aromatic nitrogens is 1. The average Bonchev–Trinajstić information content (AvgIpc) is 2.25. The summed E-state index contributed by atoms with van der Waals surface area (Å²) in [6, 6.07) is 1.14. The summed E-state index contributed by atoms with van der Waals surface area (Å²) in [5.74, 6) is 0. The fourth-order valence-electron chi connectivity index (χ4n) is 1.22. The number of nitrogens with zero attached hydrogens (tertiary/aromatic N) is 3. The van der Waals surface area contributed by atoms with E-state index in [2.05, 4.69) is 4.98 Å². The maximum atomic E-state index is 12.6. The van der Waals surface area contributed by atoms with Crippen LogP contribution in [0.25, 0.3) is 0 Å². The Kier molecular flexibility index (Phi) is 3.45. The third-order valence-corrected chi connectivity index (χ3v) is 1.88. The lowest BCUT2D eigenvalue weighted by Gasteiger charge is -2.10. The molecular formula is C8H2F5N3O2. The lowest BCUT2D eigenvalue weighted by atomic mass is 10.1. The van der Waals surface area contributed by atoms with Crippen molar-refractivity contribution < 1.29 is 26.9 Å². The smallest absolute Gasteiger partial charge is 0.258 e. The molecule has 0 aliphatic carbocycles. The van der Waals surface area contributed by atoms with E-state index in [-0.39, 0.29) is 6.20 Å². The van der Waals surface area contributed by atoms with Crippen LogP contribution in [0.15, 0.2) is 6.20 Å². The zero-order valence-corrected chi connectivity index (χ0v) is 8.20. The van der Waals surface area contributed by atoms with Crippen molar-refractivity contribution in [2.24, 2.45) is 0 Å². The summed E-state index contributed by atoms with van der Waals surface area (Å²) in [5.41, 5.74) is -6.49. The lowest BCUT2D eigenvalue weighted by Crippen LogP contribution is -2.14. The number of nitriles is 1. The minimum Gasteiger partial charge on any atom is -0.258 e. The van der Waals surface area contributed by atoms with Crippen molar-refractivity contribution >= 4 is 5.69 Å². The SMILES string of the molecule is N#Cc1cnc(C(F)(F)F)c([N+](=O)[O-])c1C(F)F. The first kappa shape index (κ1) is 13.8. The molecule has 0 saturated carbocycles. The average molecular weight is 267 g/mol. The quantitative estimate of drug-likeness (QED) is 0.468. The Bertz CT molecular complexity index is 535. The summed E-state index contributed by atoms with van der Waals surface area (Å²) in [7, 11) is 0. The second-order valence-electron chi connectivity index (χ2n) is 2.95. The van der Waals surface area contributed by atoms with E-state index in [1.165, 1.54) is 0 Å². The fourth-order valence-corrected chi connectivity index (χ4v) is 1.22. The topological polar surface area (TPSA) is 79.8 Å². The Morgan fingerprint density at radius 3 is 2.33 bits per heavy atom. The van der Waals surface area contributed by atoms with Gasteiger partial charge < -0.3 is 0 Å². The van der Waals surface area contributed by atoms with Gasteiger partial charge in [-0.2, -0.15) is 18.4 Å². The Balaban J connectivity index is 3.76. The van der Waals surface area contributed by atoms with Crippen molar-refractivity contribution in [3.63, 3.8) is 0 Å². The first-order valence-corrected chi connectivity index (χ1v) is 4.12. The molecule has 0 aliphatic heterocycles. The summed E-state index contributed by atoms with van der Waals surface area (Å²) in [6.45, 7) is 0. The largest absolute Gasteiger partial charge is 0.440 e. The third kappa shape index (κ3) is 2.34. The predicted octanol–water partition coefficient (Wildman–Crippen LogP) is 2.82. The van der Waals surface area contributed by atoms with Crippen LogP contribution in [0.3, 0.4) is 0 Å². The van der Waals surface area contributed by atoms with E-state index in [4.69, 9.17) is 5.26 Å². The fraction of sp³-hybridized carbons (Fsp3) is 0.250. The highest BCUT2D eigenvalue weighted by atomic mass is 19.4. The summed E-state index contributed by atoms with van der Waals surface area (Å²) in [6.07, 6.45) is -8.62. The molecule has 0 bridgehead atoms. The van der Waals surface area contributed by atoms with E-state index in [0.29, 0.717) is 0 Å². The van der Waals surface area contributed by atoms with Crippen LogP contribution < -0.4 is 0 Å². The van der Waals surface area contributed by atoms with E-state index in [1.807, 2.05) is 0 Å². The number of hydrogen-bond donors (Lipinski definition) is 0. The highest BCUT2D eigenvalue weighted by Crippen LogP contribution is 2.40. The van der Waals surface area contributed by atoms with Crippen LogP contribution in [0.2, 0.25) is 0 Å². The minimum atomic E-state index is -5.26. The normalized spacial score (nSPS) is 11.4. The van der Waals surface area contributed by atoms with Gasteiger partial charge in [0.05, 0.1) is 10.5 Å². The van der Waals surface area contributed by atoms with Gasteiger partial charge in [0.1, 0.15) is 11.6 Å². The molecule has 10 heteroatoms. The number of halogens is 5. The zero-order valence-electron chi connectivity index (χ0n) is 8.20. The predicted molar refractivity (Wildman–Crippen MR) is 45.6 cm³/mol. The summed E-state index contributed by atoms with van der Waals surface area (Å²) >= 11 is 0. The van der Waals surface area contributed by atoms with Gasteiger partial charge in [-0.1, -0.05) is 0 Å². The number of rotatable bonds is 2. The van der Waals surface area contributed by atoms with Gasteiger partial charge in [-0.15, -0.1) is 0 Å². The van der Waals surface area contributed by atoms with Crippen LogP contribution in [-0.2, 0) is 6.18 Å². The summed E-state index contributed by atoms with van der Waals surface area (Å²) in [4.78, 5) is 11.5. The number of pyridine rings is 1. The third-order valence-electron chi connectivity index (χ3n) is 1.88. The molecule has 0 radical (unpaired) electrons. The van der Waals surface area contributed by atoms with Gasteiger partial charge in [-0.05, 0) is 0 Å². The molecular weight excluding hydrogens is 265 g/mol. The molecule has 96 valence electrons. The maximum Gasteiger partial charge on any atom is 0.440 e. The molecule has 0 aliphatic rings. The number of nitro groups is 1. The maximum absolute atomic E-state index is 12.6. The Labute approximate surface area is 95.6 Å². The Morgan fingerprint density at radius 2 is 2.00 bits per heavy atom. The van der Waals surface area contributed by atoms with Crippen LogP contribution >= 0.6 is 0 Å². The molecule has 0 aromatic carbocycles. The Morgan fingerprint density at radius 1 is 1.44 bits per heavy atom. The standard InChI is InChI=1S/C8H2F5N3O2/c9-7(10)4-3(1-14)2-15-6(8(11,12)13)5(4)16(17)18/h2,7H. The number of alkyl halides is 5. The highest BCUT2D eigenvalue weighted by Gasteiger charge is 2.44. The van der Waals surface area contributed by atoms with Crippen LogP contribution in [-0.4, -0.2) is 9.91 Å². The van der Waals surface area contributed by atoms with Crippen LogP contribution in [0.5, 0.6) is 0 Å². The second kappa shape index (κ2) is 4.52. The van der Waals surface area contributed by atoms with Gasteiger partial charge in [0, 0.05) is 6.20 Å². The van der Waals surface area contributed by atoms with Gasteiger partial charge in [-0.25, -0.2) is 13.8 Å². The molecule has 1 rings (SSSR count). The van der Waals surface area contributed by atoms with E-state index in [9.17, 15) is 32.1 Å². The molecule has 0 unspecified atom stereocenters. The van der Waals surface area contributed by atoms with Gasteiger partial charge in [0.25, 0.3) is 6.43 Å². The van der Waals surface area contributed by atoms with Crippen molar-refractivity contribution in [2.75, 3.05) is 0 Å². The molecule has 0 saturated heterocycles. The van der Waals surface area contributed by atoms with E-state index in [1.54, 1.807) is 0 Å². The molecule has 1 aromatic heterocycles. The first-order chi connectivity index (χ1) is 8.20. The molecule has 5 nitrogen and oxygen atoms in total. The first-order valence-electron chi connectivity index (χ1n) is 4.12. The van der Waals surface area contributed by atoms with Crippen LogP contribution in [0.1, 0.15) is 23.2 Å². The van der Waals surface area contributed by atoms with Gasteiger partial charge >= 0.3 is 11.9 Å².